The van der Waals surface area contributed by atoms with Crippen molar-refractivity contribution in [1.82, 2.24) is 4.57 Å². The highest BCUT2D eigenvalue weighted by Crippen LogP contribution is 2.62. The number of esters is 2. The van der Waals surface area contributed by atoms with E-state index in [4.69, 9.17) is 9.47 Å². The third kappa shape index (κ3) is 3.06. The monoisotopic (exact) mass is 467 g/mol. The fourth-order valence-electron chi connectivity index (χ4n) is 5.89. The van der Waals surface area contributed by atoms with Crippen LogP contribution in [0.15, 0.2) is 84.9 Å². The fourth-order valence-corrected chi connectivity index (χ4v) is 5.89. The molecule has 0 saturated heterocycles. The Morgan fingerprint density at radius 1 is 0.800 bits per heavy atom. The molecule has 3 aromatic carbocycles. The number of fused-ring (bicyclic) bond motifs is 3. The predicted octanol–water partition coefficient (Wildman–Crippen LogP) is 4.26. The Morgan fingerprint density at radius 2 is 1.40 bits per heavy atom. The van der Waals surface area contributed by atoms with Crippen molar-refractivity contribution in [1.29, 1.82) is 0 Å². The van der Waals surface area contributed by atoms with Crippen LogP contribution in [0.2, 0.25) is 0 Å². The van der Waals surface area contributed by atoms with Crippen LogP contribution < -0.4 is 0 Å². The summed E-state index contributed by atoms with van der Waals surface area (Å²) in [4.78, 5) is 40.5. The zero-order valence-electron chi connectivity index (χ0n) is 19.7. The van der Waals surface area contributed by atoms with Gasteiger partial charge in [0.05, 0.1) is 20.1 Å². The minimum Gasteiger partial charge on any atom is -0.468 e. The third-order valence-electron chi connectivity index (χ3n) is 7.21. The van der Waals surface area contributed by atoms with Gasteiger partial charge in [-0.2, -0.15) is 0 Å². The Balaban J connectivity index is 2.00. The van der Waals surface area contributed by atoms with Crippen LogP contribution in [0, 0.1) is 0 Å². The average Bonchev–Trinajstić information content (AvgIpc) is 3.39. The van der Waals surface area contributed by atoms with Gasteiger partial charge in [0.1, 0.15) is 5.41 Å². The van der Waals surface area contributed by atoms with Crippen molar-refractivity contribution < 1.29 is 23.9 Å². The minimum absolute atomic E-state index is 0.490. The van der Waals surface area contributed by atoms with Crippen LogP contribution in [0.5, 0.6) is 0 Å². The van der Waals surface area contributed by atoms with Gasteiger partial charge in [-0.25, -0.2) is 4.79 Å². The predicted molar refractivity (Wildman–Crippen MR) is 131 cm³/mol. The van der Waals surface area contributed by atoms with Crippen LogP contribution >= 0.6 is 0 Å². The molecule has 0 spiro atoms. The lowest BCUT2D eigenvalue weighted by molar-refractivity contribution is -0.153. The molecule has 1 aromatic heterocycles. The number of carbonyl (C=O) groups is 3. The maximum absolute atomic E-state index is 14.1. The first-order valence-electron chi connectivity index (χ1n) is 11.4. The lowest BCUT2D eigenvalue weighted by atomic mass is 9.64. The summed E-state index contributed by atoms with van der Waals surface area (Å²) >= 11 is 0. The normalized spacial score (nSPS) is 20.9. The van der Waals surface area contributed by atoms with E-state index in [9.17, 15) is 14.4 Å². The molecule has 1 aliphatic rings. The lowest BCUT2D eigenvalue weighted by Crippen LogP contribution is -2.43. The summed E-state index contributed by atoms with van der Waals surface area (Å²) in [5, 5.41) is 0.834. The molecule has 6 nitrogen and oxygen atoms in total. The van der Waals surface area contributed by atoms with Gasteiger partial charge in [-0.1, -0.05) is 78.9 Å². The smallest absolute Gasteiger partial charge is 0.375 e. The van der Waals surface area contributed by atoms with Gasteiger partial charge < -0.3 is 14.0 Å². The number of hydrogen-bond donors (Lipinski definition) is 0. The molecule has 1 heterocycles. The second-order valence-corrected chi connectivity index (χ2v) is 8.72. The van der Waals surface area contributed by atoms with Gasteiger partial charge in [-0.15, -0.1) is 0 Å². The van der Waals surface area contributed by atoms with Crippen LogP contribution in [0.4, 0.5) is 0 Å². The first-order valence-corrected chi connectivity index (χ1v) is 11.4. The topological polar surface area (TPSA) is 74.6 Å². The SMILES string of the molecule is COC(=O)C(=O)[C@H]1c2c(c3ccccc3n2C)[C@@](C(=O)OC)(c2ccccc2)[C@@H]1c1ccccc1. The molecule has 6 heteroatoms. The minimum atomic E-state index is -1.37. The second-order valence-electron chi connectivity index (χ2n) is 8.72. The summed E-state index contributed by atoms with van der Waals surface area (Å²) in [6.45, 7) is 0. The van der Waals surface area contributed by atoms with Gasteiger partial charge in [-0.05, 0) is 17.2 Å². The molecule has 35 heavy (non-hydrogen) atoms. The summed E-state index contributed by atoms with van der Waals surface area (Å²) in [7, 11) is 4.41. The Bertz CT molecular complexity index is 1440. The van der Waals surface area contributed by atoms with E-state index in [1.807, 2.05) is 96.5 Å². The Labute approximate surface area is 203 Å². The standard InChI is InChI=1S/C29H25NO5/c1-30-21-17-11-10-16-20(21)24-25(30)22(26(31)27(32)34-2)23(18-12-6-4-7-13-18)29(24,28(33)35-3)19-14-8-5-9-15-19/h4-17,22-23H,1-3H3/t22-,23-,29-/m1/s1. The molecule has 0 radical (unpaired) electrons. The zero-order valence-corrected chi connectivity index (χ0v) is 19.7. The summed E-state index contributed by atoms with van der Waals surface area (Å²) in [6.07, 6.45) is 0. The molecule has 0 bridgehead atoms. The molecule has 176 valence electrons. The number of aromatic nitrogens is 1. The van der Waals surface area contributed by atoms with Crippen LogP contribution in [-0.4, -0.2) is 36.5 Å². The number of nitrogens with zero attached hydrogens (tertiary/aromatic N) is 1. The Morgan fingerprint density at radius 3 is 2.03 bits per heavy atom. The van der Waals surface area contributed by atoms with Gasteiger partial charge in [-0.3, -0.25) is 9.59 Å². The van der Waals surface area contributed by atoms with Crippen molar-refractivity contribution in [3.05, 3.63) is 107 Å². The van der Waals surface area contributed by atoms with Crippen molar-refractivity contribution in [2.24, 2.45) is 7.05 Å². The third-order valence-corrected chi connectivity index (χ3v) is 7.21. The van der Waals surface area contributed by atoms with Crippen molar-refractivity contribution in [2.75, 3.05) is 14.2 Å². The van der Waals surface area contributed by atoms with Gasteiger partial charge in [0, 0.05) is 35.1 Å². The maximum Gasteiger partial charge on any atom is 0.375 e. The van der Waals surface area contributed by atoms with Crippen LogP contribution in [0.3, 0.4) is 0 Å². The van der Waals surface area contributed by atoms with E-state index < -0.39 is 35.0 Å². The van der Waals surface area contributed by atoms with Crippen molar-refractivity contribution in [2.45, 2.75) is 17.3 Å². The highest BCUT2D eigenvalue weighted by Gasteiger charge is 2.64. The molecule has 3 atom stereocenters. The number of hydrogen-bond acceptors (Lipinski definition) is 5. The first-order chi connectivity index (χ1) is 17.0. The number of ether oxygens (including phenoxy) is 2. The lowest BCUT2D eigenvalue weighted by Gasteiger charge is -2.36. The number of para-hydroxylation sites is 1. The molecule has 0 fully saturated rings. The van der Waals surface area contributed by atoms with Crippen LogP contribution in [-0.2, 0) is 36.3 Å². The van der Waals surface area contributed by atoms with E-state index in [2.05, 4.69) is 0 Å². The molecule has 1 aliphatic carbocycles. The zero-order chi connectivity index (χ0) is 24.7. The maximum atomic E-state index is 14.1. The molecule has 0 unspecified atom stereocenters. The molecule has 0 saturated carbocycles. The molecule has 0 amide bonds. The average molecular weight is 468 g/mol. The van der Waals surface area contributed by atoms with Crippen LogP contribution in [0.1, 0.15) is 34.2 Å². The molecular weight excluding hydrogens is 442 g/mol. The van der Waals surface area contributed by atoms with Crippen LogP contribution in [0.25, 0.3) is 10.9 Å². The number of carbonyl (C=O) groups excluding carboxylic acids is 3. The van der Waals surface area contributed by atoms with E-state index in [-0.39, 0.29) is 0 Å². The molecule has 5 rings (SSSR count). The second kappa shape index (κ2) is 8.55. The van der Waals surface area contributed by atoms with E-state index in [1.54, 1.807) is 0 Å². The van der Waals surface area contributed by atoms with Gasteiger partial charge in [0.25, 0.3) is 0 Å². The largest absolute Gasteiger partial charge is 0.468 e. The molecule has 0 aliphatic heterocycles. The first kappa shape index (κ1) is 22.6. The van der Waals surface area contributed by atoms with E-state index in [1.165, 1.54) is 14.2 Å². The molecular formula is C29H25NO5. The summed E-state index contributed by atoms with van der Waals surface area (Å²) in [6, 6.07) is 26.4. The van der Waals surface area contributed by atoms with Gasteiger partial charge in [0.2, 0.25) is 5.78 Å². The van der Waals surface area contributed by atoms with E-state index in [0.29, 0.717) is 16.8 Å². The van der Waals surface area contributed by atoms with E-state index >= 15 is 0 Å². The number of ketones is 1. The number of benzene rings is 3. The summed E-state index contributed by atoms with van der Waals surface area (Å²) in [5.41, 5.74) is 2.23. The highest BCUT2D eigenvalue weighted by molar-refractivity contribution is 6.36. The Hall–Kier alpha value is -4.19. The quantitative estimate of drug-likeness (QED) is 0.324. The number of rotatable bonds is 5. The molecule has 4 aromatic rings. The van der Waals surface area contributed by atoms with Crippen molar-refractivity contribution >= 4 is 28.6 Å². The Kier molecular flexibility index (Phi) is 5.52. The number of aryl methyl sites for hydroxylation is 1. The van der Waals surface area contributed by atoms with Gasteiger partial charge in [0.15, 0.2) is 0 Å². The highest BCUT2D eigenvalue weighted by atomic mass is 16.5. The van der Waals surface area contributed by atoms with E-state index in [0.717, 1.165) is 16.5 Å². The number of Topliss-reactive ketones (excluding diaryl/α,β-unsaturated/α-hetero) is 1. The van der Waals surface area contributed by atoms with Crippen molar-refractivity contribution in [3.8, 4) is 0 Å². The fraction of sp³-hybridized carbons (Fsp3) is 0.207. The molecule has 0 N–H and O–H groups in total. The number of methoxy groups -OCH3 is 2. The van der Waals surface area contributed by atoms with Gasteiger partial charge >= 0.3 is 11.9 Å². The van der Waals surface area contributed by atoms with Crippen molar-refractivity contribution in [3.63, 3.8) is 0 Å². The summed E-state index contributed by atoms with van der Waals surface area (Å²) in [5.74, 6) is -3.83. The summed E-state index contributed by atoms with van der Waals surface area (Å²) < 4.78 is 12.3.